The average Bonchev–Trinajstić information content (AvgIpc) is 3.14. The molecule has 0 aromatic carbocycles. The molecule has 3 amide bonds. The van der Waals surface area contributed by atoms with Crippen molar-refractivity contribution in [1.82, 2.24) is 15.1 Å². The van der Waals surface area contributed by atoms with Crippen LogP contribution < -0.4 is 5.32 Å². The van der Waals surface area contributed by atoms with E-state index in [-0.39, 0.29) is 40.6 Å². The SMILES string of the molecule is CC[C@H]1C(=O)N2C(C(=O)O)=C(SCC(=O)N[C@@H]3C(=O)N4C(C(=O)O)=C(COC(C)=O)CS(=O)[C@H]34)C[C@H]12. The number of ether oxygens (including phenoxy) is 1. The van der Waals surface area contributed by atoms with Crippen molar-refractivity contribution in [3.05, 3.63) is 21.9 Å². The van der Waals surface area contributed by atoms with Gasteiger partial charge in [-0.15, -0.1) is 11.8 Å². The highest BCUT2D eigenvalue weighted by Gasteiger charge is 2.57. The summed E-state index contributed by atoms with van der Waals surface area (Å²) in [6.07, 6.45) is 0.907. The molecular weight excluding hydrogens is 518 g/mol. The first-order chi connectivity index (χ1) is 17.0. The fourth-order valence-electron chi connectivity index (χ4n) is 4.85. The van der Waals surface area contributed by atoms with Gasteiger partial charge in [0.2, 0.25) is 11.8 Å². The van der Waals surface area contributed by atoms with Gasteiger partial charge in [0.05, 0.1) is 34.3 Å². The van der Waals surface area contributed by atoms with Crippen LogP contribution in [-0.2, 0) is 44.3 Å². The van der Waals surface area contributed by atoms with Gasteiger partial charge in [-0.1, -0.05) is 6.92 Å². The lowest BCUT2D eigenvalue weighted by atomic mass is 9.85. The molecule has 194 valence electrons. The van der Waals surface area contributed by atoms with Crippen molar-refractivity contribution in [3.63, 3.8) is 0 Å². The quantitative estimate of drug-likeness (QED) is 0.239. The Labute approximate surface area is 211 Å². The fraction of sp³-hybridized carbons (Fsp3) is 0.524. The fourth-order valence-corrected chi connectivity index (χ4v) is 7.52. The zero-order chi connectivity index (χ0) is 26.5. The number of carbonyl (C=O) groups excluding carboxylic acids is 4. The van der Waals surface area contributed by atoms with Crippen LogP contribution in [0.15, 0.2) is 21.9 Å². The van der Waals surface area contributed by atoms with Crippen molar-refractivity contribution in [2.45, 2.75) is 44.1 Å². The Morgan fingerprint density at radius 3 is 2.36 bits per heavy atom. The van der Waals surface area contributed by atoms with Gasteiger partial charge in [-0.2, -0.15) is 0 Å². The van der Waals surface area contributed by atoms with E-state index in [9.17, 15) is 43.2 Å². The highest BCUT2D eigenvalue weighted by atomic mass is 32.2. The number of aliphatic carboxylic acids is 2. The summed E-state index contributed by atoms with van der Waals surface area (Å²) >= 11 is 0.954. The third-order valence-electron chi connectivity index (χ3n) is 6.44. The van der Waals surface area contributed by atoms with Gasteiger partial charge in [0.25, 0.3) is 5.91 Å². The summed E-state index contributed by atoms with van der Waals surface area (Å²) in [5.41, 5.74) is -0.532. The van der Waals surface area contributed by atoms with Crippen molar-refractivity contribution in [1.29, 1.82) is 0 Å². The van der Waals surface area contributed by atoms with Crippen LogP contribution in [0.5, 0.6) is 0 Å². The second-order valence-corrected chi connectivity index (χ2v) is 11.2. The van der Waals surface area contributed by atoms with Crippen molar-refractivity contribution < 1.29 is 47.9 Å². The van der Waals surface area contributed by atoms with Crippen LogP contribution in [-0.4, -0.2) is 95.4 Å². The molecule has 15 heteroatoms. The summed E-state index contributed by atoms with van der Waals surface area (Å²) in [6.45, 7) is 2.55. The predicted octanol–water partition coefficient (Wildman–Crippen LogP) is -1.03. The van der Waals surface area contributed by atoms with Crippen LogP contribution in [0.4, 0.5) is 0 Å². The summed E-state index contributed by atoms with van der Waals surface area (Å²) in [5.74, 6) is -5.79. The molecule has 0 radical (unpaired) electrons. The number of hydrogen-bond donors (Lipinski definition) is 3. The van der Waals surface area contributed by atoms with E-state index in [1.165, 1.54) is 4.90 Å². The first-order valence-corrected chi connectivity index (χ1v) is 13.3. The highest BCUT2D eigenvalue weighted by molar-refractivity contribution is 8.03. The molecule has 0 spiro atoms. The lowest BCUT2D eigenvalue weighted by Crippen LogP contribution is -2.73. The molecule has 13 nitrogen and oxygen atoms in total. The predicted molar refractivity (Wildman–Crippen MR) is 123 cm³/mol. The summed E-state index contributed by atoms with van der Waals surface area (Å²) in [7, 11) is -1.77. The first-order valence-electron chi connectivity index (χ1n) is 11.0. The van der Waals surface area contributed by atoms with E-state index in [0.29, 0.717) is 17.7 Å². The van der Waals surface area contributed by atoms with Crippen LogP contribution in [0, 0.1) is 5.92 Å². The molecule has 0 saturated carbocycles. The number of carboxylic acid groups (broad SMARTS) is 2. The normalized spacial score (nSPS) is 28.8. The Kier molecular flexibility index (Phi) is 6.96. The number of hydrogen-bond acceptors (Lipinski definition) is 9. The molecular formula is C21H23N3O10S2. The molecule has 36 heavy (non-hydrogen) atoms. The Balaban J connectivity index is 1.42. The number of carboxylic acids is 2. The number of nitrogens with one attached hydrogen (secondary N) is 1. The number of rotatable bonds is 9. The third-order valence-corrected chi connectivity index (χ3v) is 9.21. The smallest absolute Gasteiger partial charge is 0.353 e. The topological polar surface area (TPSA) is 188 Å². The molecule has 0 bridgehead atoms. The van der Waals surface area contributed by atoms with E-state index in [2.05, 4.69) is 5.32 Å². The van der Waals surface area contributed by atoms with E-state index in [0.717, 1.165) is 23.6 Å². The molecule has 4 rings (SSSR count). The Morgan fingerprint density at radius 1 is 1.11 bits per heavy atom. The molecule has 5 atom stereocenters. The van der Waals surface area contributed by atoms with Gasteiger partial charge in [0, 0.05) is 23.8 Å². The molecule has 3 N–H and O–H groups in total. The van der Waals surface area contributed by atoms with Crippen LogP contribution in [0.25, 0.3) is 0 Å². The molecule has 0 aromatic rings. The van der Waals surface area contributed by atoms with Gasteiger partial charge >= 0.3 is 17.9 Å². The van der Waals surface area contributed by atoms with E-state index < -0.39 is 64.2 Å². The molecule has 0 aromatic heterocycles. The van der Waals surface area contributed by atoms with Crippen LogP contribution in [0.1, 0.15) is 26.7 Å². The zero-order valence-electron chi connectivity index (χ0n) is 19.2. The van der Waals surface area contributed by atoms with Gasteiger partial charge in [0.15, 0.2) is 0 Å². The Morgan fingerprint density at radius 2 is 1.78 bits per heavy atom. The van der Waals surface area contributed by atoms with Crippen molar-refractivity contribution >= 4 is 58.2 Å². The molecule has 4 aliphatic heterocycles. The number of esters is 1. The standard InChI is InChI=1S/C21H23N3O10S2/c1-3-10-11-4-12(16(21(31)32)23(11)17(10)27)35-6-13(26)22-14-18(28)24-15(20(29)30)9(5-34-8(2)25)7-36(33)19(14)24/h10-11,14,19H,3-7H2,1-2H3,(H,22,26)(H,29,30)(H,31,32)/t10-,11-,14-,19-,36?/m1/s1. The van der Waals surface area contributed by atoms with Gasteiger partial charge in [-0.05, 0) is 6.42 Å². The summed E-state index contributed by atoms with van der Waals surface area (Å²) in [5, 5.41) is 20.5. The maximum Gasteiger partial charge on any atom is 0.353 e. The lowest BCUT2D eigenvalue weighted by Gasteiger charge is -2.48. The largest absolute Gasteiger partial charge is 0.477 e. The molecule has 4 heterocycles. The maximum absolute atomic E-state index is 12.8. The minimum Gasteiger partial charge on any atom is -0.477 e. The highest BCUT2D eigenvalue weighted by Crippen LogP contribution is 2.47. The van der Waals surface area contributed by atoms with Crippen LogP contribution in [0.2, 0.25) is 0 Å². The van der Waals surface area contributed by atoms with Gasteiger partial charge in [0.1, 0.15) is 29.4 Å². The maximum atomic E-state index is 12.8. The lowest BCUT2D eigenvalue weighted by molar-refractivity contribution is -0.155. The number of β-lactam (4-membered cyclic amide) rings is 2. The summed E-state index contributed by atoms with van der Waals surface area (Å²) in [4.78, 5) is 74.6. The second-order valence-electron chi connectivity index (χ2n) is 8.57. The Hall–Kier alpha value is -3.20. The molecule has 2 saturated heterocycles. The van der Waals surface area contributed by atoms with E-state index in [1.54, 1.807) is 0 Å². The Bertz CT molecular complexity index is 1180. The van der Waals surface area contributed by atoms with Gasteiger partial charge in [-0.3, -0.25) is 28.3 Å². The minimum atomic E-state index is -1.77. The molecule has 0 aliphatic carbocycles. The van der Waals surface area contributed by atoms with Crippen LogP contribution >= 0.6 is 11.8 Å². The third kappa shape index (κ3) is 4.19. The summed E-state index contributed by atoms with van der Waals surface area (Å²) in [6, 6.07) is -1.46. The molecule has 1 unspecified atom stereocenters. The summed E-state index contributed by atoms with van der Waals surface area (Å²) < 4.78 is 17.6. The van der Waals surface area contributed by atoms with Crippen LogP contribution in [0.3, 0.4) is 0 Å². The van der Waals surface area contributed by atoms with E-state index >= 15 is 0 Å². The first kappa shape index (κ1) is 25.9. The van der Waals surface area contributed by atoms with Gasteiger partial charge in [-0.25, -0.2) is 9.59 Å². The van der Waals surface area contributed by atoms with E-state index in [4.69, 9.17) is 4.74 Å². The number of fused-ring (bicyclic) bond motifs is 2. The van der Waals surface area contributed by atoms with Gasteiger partial charge < -0.3 is 25.2 Å². The zero-order valence-corrected chi connectivity index (χ0v) is 20.8. The number of thioether (sulfide) groups is 1. The number of nitrogens with zero attached hydrogens (tertiary/aromatic N) is 2. The number of carbonyl (C=O) groups is 6. The van der Waals surface area contributed by atoms with Crippen molar-refractivity contribution in [2.24, 2.45) is 5.92 Å². The second kappa shape index (κ2) is 9.69. The number of amides is 3. The minimum absolute atomic E-state index is 0.0277. The van der Waals surface area contributed by atoms with E-state index in [1.807, 2.05) is 6.92 Å². The monoisotopic (exact) mass is 541 g/mol. The molecule has 2 fully saturated rings. The molecule has 4 aliphatic rings. The van der Waals surface area contributed by atoms with Crippen molar-refractivity contribution in [2.75, 3.05) is 18.1 Å². The van der Waals surface area contributed by atoms with Crippen molar-refractivity contribution in [3.8, 4) is 0 Å². The average molecular weight is 542 g/mol.